The lowest BCUT2D eigenvalue weighted by molar-refractivity contribution is 0.0433. The van der Waals surface area contributed by atoms with E-state index in [1.54, 1.807) is 0 Å². The molecule has 1 aliphatic rings. The third-order valence-electron chi connectivity index (χ3n) is 3.20. The quantitative estimate of drug-likeness (QED) is 0.752. The molecule has 2 atom stereocenters. The van der Waals surface area contributed by atoms with Crippen LogP contribution in [0.25, 0.3) is 0 Å². The Morgan fingerprint density at radius 1 is 0.789 bits per heavy atom. The van der Waals surface area contributed by atoms with E-state index in [1.165, 1.54) is 0 Å². The third-order valence-corrected chi connectivity index (χ3v) is 4.05. The molecule has 0 unspecified atom stereocenters. The first kappa shape index (κ1) is 12.5. The Hall–Kier alpha value is -1.54. The van der Waals surface area contributed by atoms with Crippen LogP contribution in [0, 0.1) is 0 Å². The molecule has 3 nitrogen and oxygen atoms in total. The fraction of sp³-hybridized carbons (Fsp3) is 0.200. The van der Waals surface area contributed by atoms with Gasteiger partial charge in [-0.25, -0.2) is 0 Å². The highest BCUT2D eigenvalue weighted by Gasteiger charge is 2.41. The second kappa shape index (κ2) is 5.62. The molecule has 1 fully saturated rings. The van der Waals surface area contributed by atoms with Crippen LogP contribution in [0.4, 0.5) is 0 Å². The normalized spacial score (nSPS) is 25.2. The van der Waals surface area contributed by atoms with Crippen molar-refractivity contribution in [1.29, 1.82) is 0 Å². The lowest BCUT2D eigenvalue weighted by Gasteiger charge is -2.20. The summed E-state index contributed by atoms with van der Waals surface area (Å²) in [4.78, 5) is 0. The lowest BCUT2D eigenvalue weighted by Crippen LogP contribution is -2.14. The summed E-state index contributed by atoms with van der Waals surface area (Å²) in [5.74, 6) is 0. The van der Waals surface area contributed by atoms with E-state index in [2.05, 4.69) is 0 Å². The van der Waals surface area contributed by atoms with E-state index >= 15 is 0 Å². The molecule has 2 aromatic carbocycles. The van der Waals surface area contributed by atoms with Gasteiger partial charge < -0.3 is 0 Å². The second-order valence-electron chi connectivity index (χ2n) is 4.47. The van der Waals surface area contributed by atoms with Gasteiger partial charge in [0.05, 0.1) is 0 Å². The minimum Gasteiger partial charge on any atom is -0.111 e. The zero-order valence-electron chi connectivity index (χ0n) is 10.3. The number of hydrogen-bond acceptors (Lipinski definition) is 3. The molecule has 0 amide bonds. The average Bonchev–Trinajstić information content (AvgIpc) is 2.48. The predicted octanol–water partition coefficient (Wildman–Crippen LogP) is 4.56. The molecule has 3 rings (SSSR count). The fourth-order valence-corrected chi connectivity index (χ4v) is 3.12. The first-order valence-electron chi connectivity index (χ1n) is 6.23. The van der Waals surface area contributed by atoms with Gasteiger partial charge in [0.1, 0.15) is 12.2 Å². The zero-order chi connectivity index (χ0) is 13.1. The Bertz CT molecular complexity index is 507. The molecule has 2 aromatic rings. The van der Waals surface area contributed by atoms with E-state index in [4.69, 9.17) is 9.05 Å². The highest BCUT2D eigenvalue weighted by Crippen LogP contribution is 2.48. The van der Waals surface area contributed by atoms with Crippen LogP contribution in [0.5, 0.6) is 0 Å². The van der Waals surface area contributed by atoms with Crippen LogP contribution in [-0.4, -0.2) is 0 Å². The molecule has 0 aromatic heterocycles. The van der Waals surface area contributed by atoms with E-state index < -0.39 is 8.25 Å². The molecular weight excluding hydrogens is 259 g/mol. The first-order valence-corrected chi connectivity index (χ1v) is 7.33. The van der Waals surface area contributed by atoms with Crippen molar-refractivity contribution in [3.05, 3.63) is 71.8 Å². The van der Waals surface area contributed by atoms with Crippen LogP contribution < -0.4 is 0 Å². The van der Waals surface area contributed by atoms with Crippen LogP contribution in [0.3, 0.4) is 0 Å². The van der Waals surface area contributed by atoms with Crippen molar-refractivity contribution in [3.8, 4) is 0 Å². The van der Waals surface area contributed by atoms with Gasteiger partial charge in [-0.1, -0.05) is 60.7 Å². The van der Waals surface area contributed by atoms with Crippen molar-refractivity contribution in [2.45, 2.75) is 18.6 Å². The molecule has 1 aliphatic heterocycles. The van der Waals surface area contributed by atoms with Gasteiger partial charge in [0.15, 0.2) is 0 Å². The van der Waals surface area contributed by atoms with E-state index in [-0.39, 0.29) is 12.2 Å². The van der Waals surface area contributed by atoms with Crippen LogP contribution in [0.1, 0.15) is 29.8 Å². The Balaban J connectivity index is 1.84. The molecule has 1 saturated heterocycles. The molecule has 1 heterocycles. The summed E-state index contributed by atoms with van der Waals surface area (Å²) in [5, 5.41) is 0. The summed E-state index contributed by atoms with van der Waals surface area (Å²) < 4.78 is 22.6. The van der Waals surface area contributed by atoms with E-state index in [0.717, 1.165) is 11.1 Å². The molecule has 4 heteroatoms. The SMILES string of the molecule is O=[P+]1O[C@@H](c2ccccc2)C[C@H](c2ccccc2)O1. The molecule has 0 radical (unpaired) electrons. The Labute approximate surface area is 113 Å². The molecule has 0 spiro atoms. The van der Waals surface area contributed by atoms with E-state index in [0.29, 0.717) is 6.42 Å². The lowest BCUT2D eigenvalue weighted by atomic mass is 9.99. The van der Waals surface area contributed by atoms with Crippen LogP contribution in [0.15, 0.2) is 60.7 Å². The molecule has 0 bridgehead atoms. The fourth-order valence-electron chi connectivity index (χ4n) is 2.24. The van der Waals surface area contributed by atoms with Crippen molar-refractivity contribution in [3.63, 3.8) is 0 Å². The van der Waals surface area contributed by atoms with Gasteiger partial charge in [-0.3, -0.25) is 0 Å². The predicted molar refractivity (Wildman–Crippen MR) is 72.8 cm³/mol. The van der Waals surface area contributed by atoms with E-state index in [1.807, 2.05) is 60.7 Å². The largest absolute Gasteiger partial charge is 0.698 e. The highest BCUT2D eigenvalue weighted by molar-refractivity contribution is 7.33. The van der Waals surface area contributed by atoms with Crippen LogP contribution in [-0.2, 0) is 13.6 Å². The minimum absolute atomic E-state index is 0.177. The summed E-state index contributed by atoms with van der Waals surface area (Å²) in [6.07, 6.45) is 0.322. The van der Waals surface area contributed by atoms with Gasteiger partial charge in [0, 0.05) is 11.0 Å². The standard InChI is InChI=1S/C15H14O3P/c16-19-17-14(12-7-3-1-4-8-12)11-15(18-19)13-9-5-2-6-10-13/h1-10,14-15H,11H2/q+1/t14-,15-/m1/s1. The summed E-state index contributed by atoms with van der Waals surface area (Å²) >= 11 is 0. The zero-order valence-corrected chi connectivity index (χ0v) is 11.2. The van der Waals surface area contributed by atoms with Gasteiger partial charge in [0.2, 0.25) is 0 Å². The van der Waals surface area contributed by atoms with Gasteiger partial charge in [-0.2, -0.15) is 0 Å². The van der Waals surface area contributed by atoms with Gasteiger partial charge in [-0.05, 0) is 11.1 Å². The van der Waals surface area contributed by atoms with Crippen molar-refractivity contribution in [2.75, 3.05) is 0 Å². The molecule has 0 saturated carbocycles. The van der Waals surface area contributed by atoms with Gasteiger partial charge in [-0.15, -0.1) is 9.05 Å². The Morgan fingerprint density at radius 3 is 1.63 bits per heavy atom. The van der Waals surface area contributed by atoms with Crippen LogP contribution in [0.2, 0.25) is 0 Å². The summed E-state index contributed by atoms with van der Waals surface area (Å²) in [6, 6.07) is 19.7. The van der Waals surface area contributed by atoms with Crippen molar-refractivity contribution in [2.24, 2.45) is 0 Å². The number of rotatable bonds is 2. The monoisotopic (exact) mass is 273 g/mol. The van der Waals surface area contributed by atoms with Crippen molar-refractivity contribution in [1.82, 2.24) is 0 Å². The number of hydrogen-bond donors (Lipinski definition) is 0. The topological polar surface area (TPSA) is 35.5 Å². The maximum atomic E-state index is 11.7. The first-order chi connectivity index (χ1) is 9.33. The van der Waals surface area contributed by atoms with Crippen LogP contribution >= 0.6 is 8.25 Å². The third kappa shape index (κ3) is 2.90. The summed E-state index contributed by atoms with van der Waals surface area (Å²) in [7, 11) is -2.07. The highest BCUT2D eigenvalue weighted by atomic mass is 31.1. The Kier molecular flexibility index (Phi) is 3.69. The summed E-state index contributed by atoms with van der Waals surface area (Å²) in [6.45, 7) is 0. The molecule has 0 aliphatic carbocycles. The van der Waals surface area contributed by atoms with Crippen molar-refractivity contribution < 1.29 is 13.6 Å². The molecule has 19 heavy (non-hydrogen) atoms. The average molecular weight is 273 g/mol. The minimum atomic E-state index is -2.07. The smallest absolute Gasteiger partial charge is 0.111 e. The van der Waals surface area contributed by atoms with Gasteiger partial charge >= 0.3 is 8.25 Å². The molecule has 0 N–H and O–H groups in total. The maximum absolute atomic E-state index is 11.7. The maximum Gasteiger partial charge on any atom is 0.698 e. The summed E-state index contributed by atoms with van der Waals surface area (Å²) in [5.41, 5.74) is 2.07. The second-order valence-corrected chi connectivity index (χ2v) is 5.34. The molecular formula is C15H14O3P+. The van der Waals surface area contributed by atoms with E-state index in [9.17, 15) is 4.57 Å². The van der Waals surface area contributed by atoms with Gasteiger partial charge in [0.25, 0.3) is 0 Å². The molecule has 96 valence electrons. The Morgan fingerprint density at radius 2 is 1.21 bits per heavy atom. The van der Waals surface area contributed by atoms with Crippen molar-refractivity contribution >= 4 is 8.25 Å². The number of benzene rings is 2.